The highest BCUT2D eigenvalue weighted by Gasteiger charge is 2.34. The van der Waals surface area contributed by atoms with Crippen molar-refractivity contribution in [3.63, 3.8) is 0 Å². The Hall–Kier alpha value is -3.92. The maximum Gasteiger partial charge on any atom is 0.344 e. The maximum atomic E-state index is 13.2. The van der Waals surface area contributed by atoms with Gasteiger partial charge < -0.3 is 19.3 Å². The van der Waals surface area contributed by atoms with Crippen molar-refractivity contribution < 1.29 is 33.7 Å². The van der Waals surface area contributed by atoms with E-state index in [1.807, 2.05) is 6.92 Å². The van der Waals surface area contributed by atoms with Crippen molar-refractivity contribution in [1.29, 1.82) is 0 Å². The second kappa shape index (κ2) is 10.8. The molecule has 34 heavy (non-hydrogen) atoms. The maximum absolute atomic E-state index is 13.2. The van der Waals surface area contributed by atoms with E-state index >= 15 is 0 Å². The lowest BCUT2D eigenvalue weighted by molar-refractivity contribution is -0.144. The van der Waals surface area contributed by atoms with Crippen molar-refractivity contribution in [1.82, 2.24) is 5.32 Å². The first-order chi connectivity index (χ1) is 16.2. The van der Waals surface area contributed by atoms with Gasteiger partial charge >= 0.3 is 5.97 Å². The molecule has 2 amide bonds. The van der Waals surface area contributed by atoms with Gasteiger partial charge in [0.2, 0.25) is 0 Å². The summed E-state index contributed by atoms with van der Waals surface area (Å²) in [7, 11) is 0. The number of anilines is 1. The first-order valence-corrected chi connectivity index (χ1v) is 11.0. The first-order valence-electron chi connectivity index (χ1n) is 10.6. The highest BCUT2D eigenvalue weighted by molar-refractivity contribution is 7.80. The van der Waals surface area contributed by atoms with Crippen LogP contribution in [0.1, 0.15) is 26.3 Å². The Morgan fingerprint density at radius 3 is 2.38 bits per heavy atom. The summed E-state index contributed by atoms with van der Waals surface area (Å²) in [5.74, 6) is -1.18. The molecule has 1 aliphatic rings. The van der Waals surface area contributed by atoms with E-state index < -0.39 is 23.9 Å². The number of aliphatic carboxylic acids is 1. The van der Waals surface area contributed by atoms with Crippen LogP contribution in [0, 0.1) is 0 Å². The number of nitrogens with one attached hydrogen (secondary N) is 1. The Morgan fingerprint density at radius 1 is 1.09 bits per heavy atom. The third-order valence-corrected chi connectivity index (χ3v) is 5.02. The number of carbonyl (C=O) groups excluding carboxylic acids is 2. The molecule has 1 aliphatic heterocycles. The molecule has 0 aromatic heterocycles. The SMILES string of the molecule is CCOc1ccc(N2C(=O)/C(=C\c3ccc(O[C@H](C)C(=O)O)c(OCC)c3)C(=O)NC2=S)cc1. The molecular formula is C24H24N2O7S. The van der Waals surface area contributed by atoms with Crippen molar-refractivity contribution in [2.24, 2.45) is 0 Å². The van der Waals surface area contributed by atoms with Gasteiger partial charge in [0.1, 0.15) is 11.3 Å². The third kappa shape index (κ3) is 5.52. The fraction of sp³-hybridized carbons (Fsp3) is 0.250. The van der Waals surface area contributed by atoms with Gasteiger partial charge in [0, 0.05) is 0 Å². The number of hydrogen-bond donors (Lipinski definition) is 2. The van der Waals surface area contributed by atoms with Gasteiger partial charge in [-0.05, 0) is 81.0 Å². The highest BCUT2D eigenvalue weighted by atomic mass is 32.1. The second-order valence-electron chi connectivity index (χ2n) is 7.12. The van der Waals surface area contributed by atoms with Gasteiger partial charge in [-0.15, -0.1) is 0 Å². The molecule has 1 fully saturated rings. The molecule has 3 rings (SSSR count). The van der Waals surface area contributed by atoms with Crippen LogP contribution in [-0.4, -0.2) is 47.3 Å². The number of ether oxygens (including phenoxy) is 3. The van der Waals surface area contributed by atoms with Gasteiger partial charge in [0.05, 0.1) is 18.9 Å². The minimum Gasteiger partial charge on any atom is -0.494 e. The number of rotatable bonds is 9. The van der Waals surface area contributed by atoms with Crippen molar-refractivity contribution in [3.8, 4) is 17.2 Å². The molecule has 1 heterocycles. The Morgan fingerprint density at radius 2 is 1.76 bits per heavy atom. The first kappa shape index (κ1) is 24.7. The largest absolute Gasteiger partial charge is 0.494 e. The normalized spacial score (nSPS) is 15.7. The van der Waals surface area contributed by atoms with Crippen molar-refractivity contribution >= 4 is 46.9 Å². The summed E-state index contributed by atoms with van der Waals surface area (Å²) < 4.78 is 16.4. The van der Waals surface area contributed by atoms with Crippen molar-refractivity contribution in [3.05, 3.63) is 53.6 Å². The van der Waals surface area contributed by atoms with Gasteiger partial charge in [-0.3, -0.25) is 19.8 Å². The zero-order chi connectivity index (χ0) is 24.8. The molecule has 0 aliphatic carbocycles. The summed E-state index contributed by atoms with van der Waals surface area (Å²) >= 11 is 5.23. The zero-order valence-electron chi connectivity index (χ0n) is 18.9. The van der Waals surface area contributed by atoms with E-state index in [0.717, 1.165) is 0 Å². The van der Waals surface area contributed by atoms with Crippen LogP contribution >= 0.6 is 12.2 Å². The summed E-state index contributed by atoms with van der Waals surface area (Å²) in [6, 6.07) is 11.4. The Kier molecular flexibility index (Phi) is 7.85. The summed E-state index contributed by atoms with van der Waals surface area (Å²) in [4.78, 5) is 38.1. The average molecular weight is 485 g/mol. The van der Waals surface area contributed by atoms with Gasteiger partial charge in [-0.25, -0.2) is 4.79 Å². The molecule has 1 atom stereocenters. The average Bonchev–Trinajstić information content (AvgIpc) is 2.79. The third-order valence-electron chi connectivity index (χ3n) is 4.74. The highest BCUT2D eigenvalue weighted by Crippen LogP contribution is 2.31. The van der Waals surface area contributed by atoms with E-state index in [-0.39, 0.29) is 22.2 Å². The molecule has 0 saturated carbocycles. The number of nitrogens with zero attached hydrogens (tertiary/aromatic N) is 1. The molecule has 2 aromatic carbocycles. The van der Waals surface area contributed by atoms with Crippen LogP contribution in [0.3, 0.4) is 0 Å². The molecule has 178 valence electrons. The second-order valence-corrected chi connectivity index (χ2v) is 7.51. The fourth-order valence-electron chi connectivity index (χ4n) is 3.14. The summed E-state index contributed by atoms with van der Waals surface area (Å²) in [5.41, 5.74) is 0.833. The Bertz CT molecular complexity index is 1140. The van der Waals surface area contributed by atoms with Gasteiger partial charge in [-0.2, -0.15) is 0 Å². The molecule has 0 spiro atoms. The van der Waals surface area contributed by atoms with Crippen molar-refractivity contribution in [2.75, 3.05) is 18.1 Å². The molecule has 2 N–H and O–H groups in total. The predicted molar refractivity (Wildman–Crippen MR) is 129 cm³/mol. The monoisotopic (exact) mass is 484 g/mol. The van der Waals surface area contributed by atoms with Crippen LogP contribution in [0.4, 0.5) is 5.69 Å². The molecule has 1 saturated heterocycles. The van der Waals surface area contributed by atoms with E-state index in [9.17, 15) is 14.4 Å². The molecule has 9 nitrogen and oxygen atoms in total. The van der Waals surface area contributed by atoms with Crippen LogP contribution in [0.2, 0.25) is 0 Å². The number of benzene rings is 2. The fourth-order valence-corrected chi connectivity index (χ4v) is 3.42. The number of amides is 2. The van der Waals surface area contributed by atoms with E-state index in [1.54, 1.807) is 43.3 Å². The molecule has 10 heteroatoms. The number of carboxylic acids is 1. The molecular weight excluding hydrogens is 460 g/mol. The summed E-state index contributed by atoms with van der Waals surface area (Å²) in [6.07, 6.45) is 0.325. The predicted octanol–water partition coefficient (Wildman–Crippen LogP) is 3.17. The van der Waals surface area contributed by atoms with Crippen LogP contribution in [-0.2, 0) is 14.4 Å². The van der Waals surface area contributed by atoms with E-state index in [0.29, 0.717) is 30.2 Å². The lowest BCUT2D eigenvalue weighted by Gasteiger charge is -2.29. The zero-order valence-corrected chi connectivity index (χ0v) is 19.7. The van der Waals surface area contributed by atoms with Crippen LogP contribution in [0.5, 0.6) is 17.2 Å². The quantitative estimate of drug-likeness (QED) is 0.317. The van der Waals surface area contributed by atoms with Crippen LogP contribution in [0.15, 0.2) is 48.0 Å². The van der Waals surface area contributed by atoms with E-state index in [4.69, 9.17) is 31.5 Å². The summed E-state index contributed by atoms with van der Waals surface area (Å²) in [6.45, 7) is 5.84. The van der Waals surface area contributed by atoms with E-state index in [2.05, 4.69) is 5.32 Å². The number of thiocarbonyl (C=S) groups is 1. The topological polar surface area (TPSA) is 114 Å². The lowest BCUT2D eigenvalue weighted by atomic mass is 10.1. The smallest absolute Gasteiger partial charge is 0.344 e. The van der Waals surface area contributed by atoms with Gasteiger partial charge in [-0.1, -0.05) is 6.07 Å². The van der Waals surface area contributed by atoms with Crippen LogP contribution in [0.25, 0.3) is 6.08 Å². The lowest BCUT2D eigenvalue weighted by Crippen LogP contribution is -2.54. The Labute approximate surface area is 201 Å². The minimum absolute atomic E-state index is 0.0299. The standard InChI is InChI=1S/C24H24N2O7S/c1-4-31-17-9-7-16(8-10-17)26-22(28)18(21(27)25-24(26)34)12-15-6-11-19(20(13-15)32-5-2)33-14(3)23(29)30/h6-14H,4-5H2,1-3H3,(H,29,30)(H,25,27,34)/b18-12-/t14-/m1/s1. The minimum atomic E-state index is -1.12. The van der Waals surface area contributed by atoms with Crippen LogP contribution < -0.4 is 24.4 Å². The van der Waals surface area contributed by atoms with Gasteiger partial charge in [0.15, 0.2) is 22.7 Å². The molecule has 0 radical (unpaired) electrons. The number of carbonyl (C=O) groups is 3. The molecule has 0 bridgehead atoms. The Balaban J connectivity index is 1.93. The van der Waals surface area contributed by atoms with Gasteiger partial charge in [0.25, 0.3) is 11.8 Å². The van der Waals surface area contributed by atoms with Crippen molar-refractivity contribution in [2.45, 2.75) is 26.9 Å². The van der Waals surface area contributed by atoms with E-state index in [1.165, 1.54) is 24.0 Å². The molecule has 0 unspecified atom stereocenters. The number of hydrogen-bond acceptors (Lipinski definition) is 7. The summed E-state index contributed by atoms with van der Waals surface area (Å²) in [5, 5.41) is 11.6. The number of carboxylic acid groups (broad SMARTS) is 1. The molecule has 2 aromatic rings.